The molecule has 1 aromatic heterocycles. The molecule has 9 heteroatoms. The van der Waals surface area contributed by atoms with Crippen LogP contribution >= 0.6 is 0 Å². The highest BCUT2D eigenvalue weighted by molar-refractivity contribution is 5.93. The summed E-state index contributed by atoms with van der Waals surface area (Å²) in [7, 11) is 3.09. The van der Waals surface area contributed by atoms with Crippen LogP contribution in [0.4, 0.5) is 10.1 Å². The number of amides is 1. The number of benzene rings is 4. The second-order valence-corrected chi connectivity index (χ2v) is 9.40. The maximum atomic E-state index is 13.8. The van der Waals surface area contributed by atoms with E-state index in [1.54, 1.807) is 68.8 Å². The molecule has 42 heavy (non-hydrogen) atoms. The number of hydrogen-bond acceptors (Lipinski definition) is 6. The number of halogens is 1. The van der Waals surface area contributed by atoms with Crippen LogP contribution in [0.2, 0.25) is 0 Å². The van der Waals surface area contributed by atoms with E-state index >= 15 is 0 Å². The molecule has 0 saturated carbocycles. The van der Waals surface area contributed by atoms with Crippen molar-refractivity contribution in [1.82, 2.24) is 9.78 Å². The molecule has 212 valence electrons. The van der Waals surface area contributed by atoms with Crippen LogP contribution in [-0.2, 0) is 16.0 Å². The third-order valence-electron chi connectivity index (χ3n) is 6.44. The van der Waals surface area contributed by atoms with Crippen molar-refractivity contribution in [2.75, 3.05) is 19.5 Å². The van der Waals surface area contributed by atoms with Crippen LogP contribution in [0.3, 0.4) is 0 Å². The Morgan fingerprint density at radius 2 is 1.48 bits per heavy atom. The Morgan fingerprint density at radius 1 is 0.833 bits per heavy atom. The minimum atomic E-state index is -0.556. The summed E-state index contributed by atoms with van der Waals surface area (Å²) in [6.45, 7) is 1.30. The molecular formula is C33H28FN3O5. The average molecular weight is 566 g/mol. The van der Waals surface area contributed by atoms with Crippen LogP contribution < -0.4 is 19.5 Å². The van der Waals surface area contributed by atoms with E-state index in [1.165, 1.54) is 23.7 Å². The predicted octanol–water partition coefficient (Wildman–Crippen LogP) is 6.47. The van der Waals surface area contributed by atoms with Crippen LogP contribution in [0.15, 0.2) is 97.1 Å². The minimum Gasteiger partial charge on any atom is -0.497 e. The first-order valence-electron chi connectivity index (χ1n) is 13.1. The first-order valence-corrected chi connectivity index (χ1v) is 13.1. The molecule has 0 aliphatic heterocycles. The fourth-order valence-corrected chi connectivity index (χ4v) is 4.50. The van der Waals surface area contributed by atoms with Crippen LogP contribution in [0.1, 0.15) is 12.5 Å². The van der Waals surface area contributed by atoms with Crippen molar-refractivity contribution in [3.63, 3.8) is 0 Å². The number of carbonyl (C=O) groups is 2. The van der Waals surface area contributed by atoms with E-state index in [-0.39, 0.29) is 18.2 Å². The Morgan fingerprint density at radius 3 is 2.07 bits per heavy atom. The molecule has 8 nitrogen and oxygen atoms in total. The monoisotopic (exact) mass is 565 g/mol. The molecule has 0 aliphatic rings. The summed E-state index contributed by atoms with van der Waals surface area (Å²) in [5, 5.41) is 7.73. The highest BCUT2D eigenvalue weighted by Crippen LogP contribution is 2.43. The largest absolute Gasteiger partial charge is 0.497 e. The van der Waals surface area contributed by atoms with E-state index < -0.39 is 11.8 Å². The molecular weight excluding hydrogens is 537 g/mol. The molecule has 0 saturated heterocycles. The summed E-state index contributed by atoms with van der Waals surface area (Å²) in [4.78, 5) is 24.9. The Balaban J connectivity index is 1.61. The first-order chi connectivity index (χ1) is 20.3. The van der Waals surface area contributed by atoms with Crippen molar-refractivity contribution in [3.8, 4) is 45.5 Å². The molecule has 0 atom stereocenters. The molecule has 0 aliphatic carbocycles. The normalized spacial score (nSPS) is 10.7. The number of ether oxygens (including phenoxy) is 3. The number of nitrogens with one attached hydrogen (secondary N) is 1. The van der Waals surface area contributed by atoms with Gasteiger partial charge in [-0.1, -0.05) is 42.5 Å². The predicted molar refractivity (Wildman–Crippen MR) is 158 cm³/mol. The van der Waals surface area contributed by atoms with Crippen molar-refractivity contribution in [2.24, 2.45) is 0 Å². The first kappa shape index (κ1) is 28.1. The number of rotatable bonds is 9. The van der Waals surface area contributed by atoms with E-state index in [2.05, 4.69) is 5.32 Å². The molecule has 5 rings (SSSR count). The van der Waals surface area contributed by atoms with Crippen molar-refractivity contribution < 1.29 is 28.2 Å². The number of carbonyl (C=O) groups excluding carboxylic acids is 2. The molecule has 1 amide bonds. The smallest absolute Gasteiger partial charge is 0.309 e. The van der Waals surface area contributed by atoms with Gasteiger partial charge in [0.1, 0.15) is 23.0 Å². The molecule has 0 fully saturated rings. The summed E-state index contributed by atoms with van der Waals surface area (Å²) < 4.78 is 31.9. The third-order valence-corrected chi connectivity index (χ3v) is 6.44. The number of anilines is 1. The van der Waals surface area contributed by atoms with Gasteiger partial charge < -0.3 is 19.5 Å². The second kappa shape index (κ2) is 12.4. The van der Waals surface area contributed by atoms with Gasteiger partial charge in [0.05, 0.1) is 31.9 Å². The Bertz CT molecular complexity index is 1690. The average Bonchev–Trinajstić information content (AvgIpc) is 3.36. The Labute approximate surface area is 242 Å². The lowest BCUT2D eigenvalue weighted by molar-refractivity contribution is -0.132. The summed E-state index contributed by atoms with van der Waals surface area (Å²) in [6.07, 6.45) is 0.242. The third kappa shape index (κ3) is 6.31. The van der Waals surface area contributed by atoms with E-state index in [1.807, 2.05) is 30.3 Å². The zero-order valence-electron chi connectivity index (χ0n) is 23.3. The van der Waals surface area contributed by atoms with Gasteiger partial charge in [-0.3, -0.25) is 9.59 Å². The lowest BCUT2D eigenvalue weighted by Gasteiger charge is -2.11. The van der Waals surface area contributed by atoms with Gasteiger partial charge in [0.15, 0.2) is 0 Å². The van der Waals surface area contributed by atoms with Gasteiger partial charge in [-0.25, -0.2) is 4.39 Å². The van der Waals surface area contributed by atoms with Crippen molar-refractivity contribution in [2.45, 2.75) is 13.3 Å². The topological polar surface area (TPSA) is 91.7 Å². The standard InChI is InChI=1S/C33H28FN3O5/c1-21(38)42-33-31(23-9-13-26(14-10-23)35-30(39)17-22-7-5-4-6-8-22)32(24-18-28(40-2)20-29(19-24)41-3)36-37(33)27-15-11-25(34)12-16-27/h4-16,18-20H,17H2,1-3H3,(H,35,39). The van der Waals surface area contributed by atoms with Crippen LogP contribution in [0, 0.1) is 5.82 Å². The lowest BCUT2D eigenvalue weighted by atomic mass is 10.0. The zero-order chi connectivity index (χ0) is 29.6. The van der Waals surface area contributed by atoms with E-state index in [0.29, 0.717) is 45.3 Å². The number of esters is 1. The van der Waals surface area contributed by atoms with Crippen LogP contribution in [0.5, 0.6) is 17.4 Å². The van der Waals surface area contributed by atoms with Crippen molar-refractivity contribution >= 4 is 17.6 Å². The van der Waals surface area contributed by atoms with Crippen molar-refractivity contribution in [3.05, 3.63) is 108 Å². The SMILES string of the molecule is COc1cc(OC)cc(-c2nn(-c3ccc(F)cc3)c(OC(C)=O)c2-c2ccc(NC(=O)Cc3ccccc3)cc2)c1. The van der Waals surface area contributed by atoms with Crippen LogP contribution in [0.25, 0.3) is 28.1 Å². The second-order valence-electron chi connectivity index (χ2n) is 9.40. The highest BCUT2D eigenvalue weighted by Gasteiger charge is 2.25. The van der Waals surface area contributed by atoms with Gasteiger partial charge in [-0.15, -0.1) is 0 Å². The quantitative estimate of drug-likeness (QED) is 0.206. The fourth-order valence-electron chi connectivity index (χ4n) is 4.50. The van der Waals surface area contributed by atoms with E-state index in [9.17, 15) is 14.0 Å². The van der Waals surface area contributed by atoms with Gasteiger partial charge in [0.2, 0.25) is 11.8 Å². The summed E-state index contributed by atoms with van der Waals surface area (Å²) >= 11 is 0. The summed E-state index contributed by atoms with van der Waals surface area (Å²) in [6, 6.07) is 27.6. The Hall–Kier alpha value is -5.44. The van der Waals surface area contributed by atoms with Gasteiger partial charge in [-0.05, 0) is 59.7 Å². The summed E-state index contributed by atoms with van der Waals surface area (Å²) in [5.41, 5.74) is 4.27. The maximum Gasteiger partial charge on any atom is 0.309 e. The molecule has 0 radical (unpaired) electrons. The Kier molecular flexibility index (Phi) is 8.29. The molecule has 1 N–H and O–H groups in total. The van der Waals surface area contributed by atoms with Gasteiger partial charge in [0.25, 0.3) is 0 Å². The number of nitrogens with zero attached hydrogens (tertiary/aromatic N) is 2. The minimum absolute atomic E-state index is 0.145. The van der Waals surface area contributed by atoms with E-state index in [4.69, 9.17) is 19.3 Å². The lowest BCUT2D eigenvalue weighted by Crippen LogP contribution is -2.14. The zero-order valence-corrected chi connectivity index (χ0v) is 23.3. The molecule has 0 bridgehead atoms. The number of methoxy groups -OCH3 is 2. The number of hydrogen-bond donors (Lipinski definition) is 1. The number of aromatic nitrogens is 2. The van der Waals surface area contributed by atoms with Gasteiger partial charge >= 0.3 is 5.97 Å². The molecule has 1 heterocycles. The highest BCUT2D eigenvalue weighted by atomic mass is 19.1. The van der Waals surface area contributed by atoms with Gasteiger partial charge in [-0.2, -0.15) is 9.78 Å². The molecule has 0 spiro atoms. The summed E-state index contributed by atoms with van der Waals surface area (Å²) in [5.74, 6) is 0.103. The van der Waals surface area contributed by atoms with E-state index in [0.717, 1.165) is 5.56 Å². The fraction of sp³-hybridized carbons (Fsp3) is 0.121. The molecule has 0 unspecified atom stereocenters. The van der Waals surface area contributed by atoms with Crippen LogP contribution in [-0.4, -0.2) is 35.9 Å². The molecule has 5 aromatic rings. The molecule has 4 aromatic carbocycles. The maximum absolute atomic E-state index is 13.8. The van der Waals surface area contributed by atoms with Crippen molar-refractivity contribution in [1.29, 1.82) is 0 Å². The van der Waals surface area contributed by atoms with Gasteiger partial charge in [0, 0.05) is 24.2 Å².